The molecular formula is C18H15NO6S. The van der Waals surface area contributed by atoms with Crippen LogP contribution in [0.1, 0.15) is 11.1 Å². The lowest BCUT2D eigenvalue weighted by Gasteiger charge is -2.05. The Kier molecular flexibility index (Phi) is 6.03. The smallest absolute Gasteiger partial charge is 0.306 e. The molecule has 0 atom stereocenters. The Morgan fingerprint density at radius 2 is 1.77 bits per heavy atom. The summed E-state index contributed by atoms with van der Waals surface area (Å²) in [4.78, 5) is 22.2. The van der Waals surface area contributed by atoms with Gasteiger partial charge in [0.2, 0.25) is 0 Å². The molecule has 2 aromatic carbocycles. The third-order valence-electron chi connectivity index (χ3n) is 3.11. The van der Waals surface area contributed by atoms with Crippen LogP contribution in [0.3, 0.4) is 0 Å². The predicted octanol–water partition coefficient (Wildman–Crippen LogP) is 3.23. The molecule has 0 aliphatic heterocycles. The zero-order valence-electron chi connectivity index (χ0n) is 13.7. The number of carbonyl (C=O) groups excluding carboxylic acids is 1. The first-order valence-corrected chi connectivity index (χ1v) is 9.19. The maximum atomic E-state index is 11.9. The molecule has 8 heteroatoms. The minimum Gasteiger partial charge on any atom is -0.382 e. The van der Waals surface area contributed by atoms with Crippen LogP contribution in [0.4, 0.5) is 5.69 Å². The molecule has 0 saturated carbocycles. The van der Waals surface area contributed by atoms with E-state index in [2.05, 4.69) is 0 Å². The Balaban J connectivity index is 2.13. The van der Waals surface area contributed by atoms with E-state index in [1.165, 1.54) is 48.6 Å². The van der Waals surface area contributed by atoms with Crippen molar-refractivity contribution in [3.05, 3.63) is 81.9 Å². The lowest BCUT2D eigenvalue weighted by atomic mass is 10.1. The van der Waals surface area contributed by atoms with E-state index in [9.17, 15) is 23.3 Å². The molecule has 0 aliphatic carbocycles. The fraction of sp³-hybridized carbons (Fsp3) is 0.0556. The highest BCUT2D eigenvalue weighted by Crippen LogP contribution is 2.21. The van der Waals surface area contributed by atoms with Crippen LogP contribution in [-0.2, 0) is 14.9 Å². The molecule has 26 heavy (non-hydrogen) atoms. The molecule has 0 aliphatic rings. The Morgan fingerprint density at radius 3 is 2.46 bits per heavy atom. The molecule has 0 amide bonds. The Labute approximate surface area is 150 Å². The molecule has 2 aromatic rings. The van der Waals surface area contributed by atoms with Gasteiger partial charge in [0, 0.05) is 17.7 Å². The fourth-order valence-corrected chi connectivity index (χ4v) is 2.48. The second-order valence-corrected chi connectivity index (χ2v) is 6.82. The van der Waals surface area contributed by atoms with E-state index >= 15 is 0 Å². The lowest BCUT2D eigenvalue weighted by Crippen LogP contribution is -2.06. The Morgan fingerprint density at radius 1 is 1.08 bits per heavy atom. The second kappa shape index (κ2) is 8.21. The molecule has 2 rings (SSSR count). The second-order valence-electron chi connectivity index (χ2n) is 5.25. The van der Waals surface area contributed by atoms with Gasteiger partial charge in [-0.2, -0.15) is 8.42 Å². The van der Waals surface area contributed by atoms with Gasteiger partial charge in [-0.1, -0.05) is 36.4 Å². The van der Waals surface area contributed by atoms with E-state index < -0.39 is 15.0 Å². The van der Waals surface area contributed by atoms with Crippen LogP contribution in [0, 0.1) is 10.1 Å². The number of allylic oxidation sites excluding steroid dienone is 2. The zero-order valence-corrected chi connectivity index (χ0v) is 14.5. The number of hydrogen-bond donors (Lipinski definition) is 0. The number of nitrogens with zero attached hydrogens (tertiary/aromatic N) is 1. The van der Waals surface area contributed by atoms with Crippen LogP contribution in [0.15, 0.2) is 60.7 Å². The van der Waals surface area contributed by atoms with E-state index in [1.807, 2.05) is 0 Å². The van der Waals surface area contributed by atoms with Gasteiger partial charge in [0.1, 0.15) is 5.75 Å². The van der Waals surface area contributed by atoms with Gasteiger partial charge in [-0.05, 0) is 29.9 Å². The van der Waals surface area contributed by atoms with Crippen LogP contribution in [0.25, 0.3) is 12.2 Å². The van der Waals surface area contributed by atoms with Gasteiger partial charge < -0.3 is 4.18 Å². The number of benzene rings is 2. The number of ketones is 1. The van der Waals surface area contributed by atoms with Crippen molar-refractivity contribution >= 4 is 33.7 Å². The highest BCUT2D eigenvalue weighted by Gasteiger charge is 2.07. The van der Waals surface area contributed by atoms with Crippen molar-refractivity contribution in [2.45, 2.75) is 0 Å². The summed E-state index contributed by atoms with van der Waals surface area (Å²) in [5.41, 5.74) is 0.874. The van der Waals surface area contributed by atoms with Crippen molar-refractivity contribution in [3.8, 4) is 5.75 Å². The molecular weight excluding hydrogens is 358 g/mol. The first kappa shape index (κ1) is 19.1. The number of non-ortho nitro benzene ring substituents is 1. The third kappa shape index (κ3) is 5.99. The van der Waals surface area contributed by atoms with Crippen LogP contribution < -0.4 is 4.18 Å². The van der Waals surface area contributed by atoms with E-state index in [1.54, 1.807) is 24.3 Å². The number of carbonyl (C=O) groups is 1. The first-order valence-electron chi connectivity index (χ1n) is 7.38. The fourth-order valence-electron chi connectivity index (χ4n) is 2.01. The van der Waals surface area contributed by atoms with E-state index in [0.717, 1.165) is 6.26 Å². The Hall–Kier alpha value is -3.26. The van der Waals surface area contributed by atoms with E-state index in [-0.39, 0.29) is 17.2 Å². The van der Waals surface area contributed by atoms with Gasteiger partial charge in [-0.15, -0.1) is 0 Å². The summed E-state index contributed by atoms with van der Waals surface area (Å²) in [6.07, 6.45) is 6.33. The minimum atomic E-state index is -3.68. The summed E-state index contributed by atoms with van der Waals surface area (Å²) in [7, 11) is -3.68. The van der Waals surface area contributed by atoms with Gasteiger partial charge in [-0.25, -0.2) is 0 Å². The maximum Gasteiger partial charge on any atom is 0.306 e. The maximum absolute atomic E-state index is 11.9. The van der Waals surface area contributed by atoms with Gasteiger partial charge in [-0.3, -0.25) is 14.9 Å². The van der Waals surface area contributed by atoms with Crippen LogP contribution in [-0.4, -0.2) is 25.4 Å². The van der Waals surface area contributed by atoms with Crippen LogP contribution >= 0.6 is 0 Å². The van der Waals surface area contributed by atoms with Crippen molar-refractivity contribution < 1.29 is 22.3 Å². The summed E-state index contributed by atoms with van der Waals surface area (Å²) in [6, 6.07) is 12.2. The minimum absolute atomic E-state index is 0.0676. The van der Waals surface area contributed by atoms with Gasteiger partial charge in [0.25, 0.3) is 5.69 Å². The number of rotatable bonds is 7. The normalized spacial score (nSPS) is 11.7. The largest absolute Gasteiger partial charge is 0.382 e. The topological polar surface area (TPSA) is 104 Å². The van der Waals surface area contributed by atoms with Crippen LogP contribution in [0.5, 0.6) is 5.75 Å². The molecule has 0 unspecified atom stereocenters. The third-order valence-corrected chi connectivity index (χ3v) is 3.59. The van der Waals surface area contributed by atoms with Crippen molar-refractivity contribution in [2.24, 2.45) is 0 Å². The standard InChI is InChI=1S/C18H15NO6S/c1-26(23,24)25-18-8-3-2-6-15(18)10-12-17(20)11-9-14-5-4-7-16(13-14)19(21)22/h2-13H,1H3/b11-9+,12-10+. The van der Waals surface area contributed by atoms with E-state index in [4.69, 9.17) is 4.18 Å². The number of nitro benzene ring substituents is 1. The zero-order chi connectivity index (χ0) is 19.2. The van der Waals surface area contributed by atoms with Crippen molar-refractivity contribution in [3.63, 3.8) is 0 Å². The van der Waals surface area contributed by atoms with Crippen LogP contribution in [0.2, 0.25) is 0 Å². The highest BCUT2D eigenvalue weighted by atomic mass is 32.2. The summed E-state index contributed by atoms with van der Waals surface area (Å²) in [6.45, 7) is 0. The molecule has 0 bridgehead atoms. The first-order chi connectivity index (χ1) is 12.2. The van der Waals surface area contributed by atoms with Gasteiger partial charge in [0.05, 0.1) is 11.2 Å². The van der Waals surface area contributed by atoms with Gasteiger partial charge in [0.15, 0.2) is 5.78 Å². The van der Waals surface area contributed by atoms with Crippen molar-refractivity contribution in [1.29, 1.82) is 0 Å². The average Bonchev–Trinajstić information content (AvgIpc) is 2.58. The lowest BCUT2D eigenvalue weighted by molar-refractivity contribution is -0.384. The molecule has 0 fully saturated rings. The van der Waals surface area contributed by atoms with Gasteiger partial charge >= 0.3 is 10.1 Å². The molecule has 134 valence electrons. The number of hydrogen-bond acceptors (Lipinski definition) is 6. The summed E-state index contributed by atoms with van der Waals surface area (Å²) in [5.74, 6) is -0.257. The molecule has 0 N–H and O–H groups in total. The van der Waals surface area contributed by atoms with E-state index in [0.29, 0.717) is 11.1 Å². The Bertz CT molecular complexity index is 992. The SMILES string of the molecule is CS(=O)(=O)Oc1ccccc1/C=C/C(=O)/C=C/c1cccc([N+](=O)[O-])c1. The average molecular weight is 373 g/mol. The summed E-state index contributed by atoms with van der Waals surface area (Å²) < 4.78 is 27.4. The number of nitro groups is 1. The monoisotopic (exact) mass is 373 g/mol. The molecule has 0 heterocycles. The molecule has 0 aromatic heterocycles. The predicted molar refractivity (Wildman–Crippen MR) is 98.1 cm³/mol. The molecule has 7 nitrogen and oxygen atoms in total. The summed E-state index contributed by atoms with van der Waals surface area (Å²) >= 11 is 0. The quantitative estimate of drug-likeness (QED) is 0.319. The molecule has 0 saturated heterocycles. The van der Waals surface area contributed by atoms with Crippen molar-refractivity contribution in [1.82, 2.24) is 0 Å². The number of para-hydroxylation sites is 1. The highest BCUT2D eigenvalue weighted by molar-refractivity contribution is 7.86. The summed E-state index contributed by atoms with van der Waals surface area (Å²) in [5, 5.41) is 10.7. The molecule has 0 radical (unpaired) electrons. The molecule has 0 spiro atoms. The van der Waals surface area contributed by atoms with Crippen molar-refractivity contribution in [2.75, 3.05) is 6.26 Å².